The van der Waals surface area contributed by atoms with Crippen LogP contribution >= 0.6 is 0 Å². The predicted molar refractivity (Wildman–Crippen MR) is 126 cm³/mol. The Kier molecular flexibility index (Phi) is 15.4. The molecule has 0 amide bonds. The molecule has 28 heavy (non-hydrogen) atoms. The van der Waals surface area contributed by atoms with Crippen molar-refractivity contribution in [1.29, 1.82) is 0 Å². The molecule has 2 aliphatic rings. The predicted octanol–water partition coefficient (Wildman–Crippen LogP) is 8.95. The first-order chi connectivity index (χ1) is 13.9. The van der Waals surface area contributed by atoms with E-state index in [1.54, 1.807) is 0 Å². The van der Waals surface area contributed by atoms with Crippen LogP contribution in [0.4, 0.5) is 0 Å². The van der Waals surface area contributed by atoms with Crippen LogP contribution in [0.2, 0.25) is 0 Å². The van der Waals surface area contributed by atoms with Gasteiger partial charge in [-0.3, -0.25) is 0 Å². The first-order valence-electron chi connectivity index (χ1n) is 13.7. The normalized spacial score (nSPS) is 24.9. The summed E-state index contributed by atoms with van der Waals surface area (Å²) in [5.74, 6) is 1.00. The van der Waals surface area contributed by atoms with Crippen molar-refractivity contribution in [2.24, 2.45) is 5.92 Å². The molecule has 0 unspecified atom stereocenters. The number of hydrogen-bond acceptors (Lipinski definition) is 1. The number of nitrogens with one attached hydrogen (secondary N) is 1. The van der Waals surface area contributed by atoms with Gasteiger partial charge in [-0.05, 0) is 31.7 Å². The molecule has 166 valence electrons. The van der Waals surface area contributed by atoms with Gasteiger partial charge in [0.25, 0.3) is 0 Å². The highest BCUT2D eigenvalue weighted by molar-refractivity contribution is 4.70. The van der Waals surface area contributed by atoms with Crippen LogP contribution in [0.1, 0.15) is 154 Å². The maximum atomic E-state index is 4.02. The van der Waals surface area contributed by atoms with E-state index in [9.17, 15) is 0 Å². The molecule has 1 heteroatoms. The first-order valence-corrected chi connectivity index (χ1v) is 13.7. The number of hydrogen-bond donors (Lipinski definition) is 1. The van der Waals surface area contributed by atoms with Crippen molar-refractivity contribution >= 4 is 0 Å². The van der Waals surface area contributed by atoms with Crippen LogP contribution in [0.15, 0.2) is 0 Å². The molecular formula is C27H53N. The third-order valence-corrected chi connectivity index (χ3v) is 7.57. The Labute approximate surface area is 178 Å². The fourth-order valence-corrected chi connectivity index (χ4v) is 5.57. The SMILES string of the molecule is C1CCCCCC(CCNC2CCCCCCCCCCCC2)CCCCC1. The van der Waals surface area contributed by atoms with E-state index in [1.807, 2.05) is 0 Å². The summed E-state index contributed by atoms with van der Waals surface area (Å²) in [6.07, 6.45) is 35.5. The Morgan fingerprint density at radius 1 is 0.393 bits per heavy atom. The van der Waals surface area contributed by atoms with Crippen LogP contribution in [0.3, 0.4) is 0 Å². The van der Waals surface area contributed by atoms with Gasteiger partial charge in [0, 0.05) is 6.04 Å². The molecule has 0 atom stereocenters. The molecule has 0 radical (unpaired) electrons. The maximum absolute atomic E-state index is 4.02. The summed E-state index contributed by atoms with van der Waals surface area (Å²) < 4.78 is 0. The number of rotatable bonds is 4. The topological polar surface area (TPSA) is 12.0 Å². The lowest BCUT2D eigenvalue weighted by molar-refractivity contribution is 0.345. The second kappa shape index (κ2) is 17.8. The smallest absolute Gasteiger partial charge is 0.00670 e. The van der Waals surface area contributed by atoms with E-state index in [4.69, 9.17) is 0 Å². The van der Waals surface area contributed by atoms with Crippen LogP contribution < -0.4 is 5.32 Å². The van der Waals surface area contributed by atoms with E-state index in [-0.39, 0.29) is 0 Å². The maximum Gasteiger partial charge on any atom is 0.00670 e. The Hall–Kier alpha value is -0.0400. The van der Waals surface area contributed by atoms with Crippen molar-refractivity contribution in [3.63, 3.8) is 0 Å². The van der Waals surface area contributed by atoms with Crippen LogP contribution in [-0.4, -0.2) is 12.6 Å². The summed E-state index contributed by atoms with van der Waals surface area (Å²) in [6, 6.07) is 0.812. The molecule has 1 N–H and O–H groups in total. The van der Waals surface area contributed by atoms with Gasteiger partial charge in [0.2, 0.25) is 0 Å². The van der Waals surface area contributed by atoms with Crippen LogP contribution in [0.25, 0.3) is 0 Å². The summed E-state index contributed by atoms with van der Waals surface area (Å²) in [4.78, 5) is 0. The average molecular weight is 392 g/mol. The Bertz CT molecular complexity index is 300. The lowest BCUT2D eigenvalue weighted by Gasteiger charge is -2.22. The van der Waals surface area contributed by atoms with E-state index in [1.165, 1.54) is 161 Å². The quantitative estimate of drug-likeness (QED) is 0.504. The molecule has 0 bridgehead atoms. The van der Waals surface area contributed by atoms with Gasteiger partial charge in [0.1, 0.15) is 0 Å². The molecular weight excluding hydrogens is 338 g/mol. The highest BCUT2D eigenvalue weighted by Gasteiger charge is 2.12. The molecule has 1 nitrogen and oxygen atoms in total. The lowest BCUT2D eigenvalue weighted by Crippen LogP contribution is -2.31. The van der Waals surface area contributed by atoms with Gasteiger partial charge in [-0.1, -0.05) is 135 Å². The van der Waals surface area contributed by atoms with Crippen LogP contribution in [0, 0.1) is 5.92 Å². The zero-order valence-corrected chi connectivity index (χ0v) is 19.3. The highest BCUT2D eigenvalue weighted by Crippen LogP contribution is 2.23. The van der Waals surface area contributed by atoms with Gasteiger partial charge in [0.05, 0.1) is 0 Å². The van der Waals surface area contributed by atoms with E-state index >= 15 is 0 Å². The van der Waals surface area contributed by atoms with E-state index in [0.29, 0.717) is 0 Å². The fraction of sp³-hybridized carbons (Fsp3) is 1.00. The standard InChI is InChI=1S/C27H53N/c1-2-7-11-15-19-23-27(22-18-14-10-6-1)28-25-24-26-20-16-12-8-4-3-5-9-13-17-21-26/h26-28H,1-25H2. The van der Waals surface area contributed by atoms with Crippen LogP contribution in [0.5, 0.6) is 0 Å². The molecule has 0 saturated heterocycles. The van der Waals surface area contributed by atoms with Crippen molar-refractivity contribution in [1.82, 2.24) is 5.32 Å². The van der Waals surface area contributed by atoms with E-state index in [0.717, 1.165) is 12.0 Å². The van der Waals surface area contributed by atoms with Crippen molar-refractivity contribution in [3.8, 4) is 0 Å². The van der Waals surface area contributed by atoms with E-state index < -0.39 is 0 Å². The highest BCUT2D eigenvalue weighted by atomic mass is 14.9. The van der Waals surface area contributed by atoms with Gasteiger partial charge in [-0.25, -0.2) is 0 Å². The van der Waals surface area contributed by atoms with Gasteiger partial charge < -0.3 is 5.32 Å². The van der Waals surface area contributed by atoms with Gasteiger partial charge in [0.15, 0.2) is 0 Å². The molecule has 0 spiro atoms. The summed E-state index contributed by atoms with van der Waals surface area (Å²) in [6.45, 7) is 1.29. The summed E-state index contributed by atoms with van der Waals surface area (Å²) >= 11 is 0. The molecule has 2 aliphatic carbocycles. The second-order valence-corrected chi connectivity index (χ2v) is 10.2. The monoisotopic (exact) mass is 391 g/mol. The Morgan fingerprint density at radius 2 is 0.714 bits per heavy atom. The molecule has 0 aromatic heterocycles. The Morgan fingerprint density at radius 3 is 1.11 bits per heavy atom. The van der Waals surface area contributed by atoms with Gasteiger partial charge in [-0.15, -0.1) is 0 Å². The molecule has 2 fully saturated rings. The van der Waals surface area contributed by atoms with E-state index in [2.05, 4.69) is 5.32 Å². The van der Waals surface area contributed by atoms with Crippen molar-refractivity contribution in [3.05, 3.63) is 0 Å². The minimum atomic E-state index is 0.812. The lowest BCUT2D eigenvalue weighted by atomic mass is 9.90. The molecule has 2 saturated carbocycles. The van der Waals surface area contributed by atoms with Crippen LogP contribution in [-0.2, 0) is 0 Å². The molecule has 0 aromatic carbocycles. The zero-order valence-electron chi connectivity index (χ0n) is 19.3. The average Bonchev–Trinajstić information content (AvgIpc) is 2.72. The molecule has 2 rings (SSSR count). The second-order valence-electron chi connectivity index (χ2n) is 10.2. The third kappa shape index (κ3) is 13.2. The summed E-state index contributed by atoms with van der Waals surface area (Å²) in [5, 5.41) is 4.02. The van der Waals surface area contributed by atoms with Crippen molar-refractivity contribution < 1.29 is 0 Å². The van der Waals surface area contributed by atoms with Gasteiger partial charge >= 0.3 is 0 Å². The zero-order chi connectivity index (χ0) is 19.5. The summed E-state index contributed by atoms with van der Waals surface area (Å²) in [7, 11) is 0. The minimum Gasteiger partial charge on any atom is -0.314 e. The minimum absolute atomic E-state index is 0.812. The molecule has 0 aliphatic heterocycles. The summed E-state index contributed by atoms with van der Waals surface area (Å²) in [5.41, 5.74) is 0. The fourth-order valence-electron chi connectivity index (χ4n) is 5.57. The molecule has 0 aromatic rings. The largest absolute Gasteiger partial charge is 0.314 e. The van der Waals surface area contributed by atoms with Crippen molar-refractivity contribution in [2.45, 2.75) is 160 Å². The first kappa shape index (κ1) is 24.2. The molecule has 0 heterocycles. The van der Waals surface area contributed by atoms with Gasteiger partial charge in [-0.2, -0.15) is 0 Å². The van der Waals surface area contributed by atoms with Crippen molar-refractivity contribution in [2.75, 3.05) is 6.54 Å². The third-order valence-electron chi connectivity index (χ3n) is 7.57. The Balaban J connectivity index is 1.65.